The maximum Gasteiger partial charge on any atom is 0.267 e. The van der Waals surface area contributed by atoms with Crippen LogP contribution in [-0.2, 0) is 31.2 Å². The summed E-state index contributed by atoms with van der Waals surface area (Å²) in [5, 5.41) is 5.01. The van der Waals surface area contributed by atoms with Gasteiger partial charge >= 0.3 is 0 Å². The van der Waals surface area contributed by atoms with Gasteiger partial charge in [0.25, 0.3) is 11.1 Å². The molecule has 2 N–H and O–H groups in total. The smallest absolute Gasteiger partial charge is 0.267 e. The number of carbonyl (C=O) groups is 1. The Morgan fingerprint density at radius 3 is 2.86 bits per heavy atom. The van der Waals surface area contributed by atoms with E-state index < -0.39 is 0 Å². The van der Waals surface area contributed by atoms with Crippen LogP contribution in [0.3, 0.4) is 0 Å². The lowest BCUT2D eigenvalue weighted by Crippen LogP contribution is -2.38. The molecular weight excluding hydrogens is 272 g/mol. The average Bonchev–Trinajstić information content (AvgIpc) is 2.85. The first-order valence-electron chi connectivity index (χ1n) is 6.76. The number of fused-ring (bicyclic) bond motifs is 1. The summed E-state index contributed by atoms with van der Waals surface area (Å²) in [6, 6.07) is 1.63. The summed E-state index contributed by atoms with van der Waals surface area (Å²) >= 11 is 0. The molecule has 0 bridgehead atoms. The van der Waals surface area contributed by atoms with E-state index in [0.717, 1.165) is 11.1 Å². The van der Waals surface area contributed by atoms with E-state index in [1.165, 1.54) is 10.8 Å². The number of nitrogens with one attached hydrogen (secondary N) is 2. The van der Waals surface area contributed by atoms with Crippen LogP contribution < -0.4 is 11.1 Å². The molecule has 7 heteroatoms. The Labute approximate surface area is 120 Å². The van der Waals surface area contributed by atoms with Crippen molar-refractivity contribution in [3.05, 3.63) is 55.9 Å². The number of aromatic amines is 2. The van der Waals surface area contributed by atoms with E-state index in [2.05, 4.69) is 10.2 Å². The summed E-state index contributed by atoms with van der Waals surface area (Å²) in [4.78, 5) is 37.0. The van der Waals surface area contributed by atoms with E-state index in [4.69, 9.17) is 0 Å². The van der Waals surface area contributed by atoms with Crippen molar-refractivity contribution in [1.82, 2.24) is 19.7 Å². The predicted molar refractivity (Wildman–Crippen MR) is 75.9 cm³/mol. The molecule has 2 aromatic rings. The van der Waals surface area contributed by atoms with E-state index in [0.29, 0.717) is 25.1 Å². The summed E-state index contributed by atoms with van der Waals surface area (Å²) in [5.74, 6) is -0.0837. The van der Waals surface area contributed by atoms with Crippen LogP contribution in [0.4, 0.5) is 0 Å². The van der Waals surface area contributed by atoms with Crippen molar-refractivity contribution in [2.45, 2.75) is 19.4 Å². The summed E-state index contributed by atoms with van der Waals surface area (Å²) in [5.41, 5.74) is 2.13. The van der Waals surface area contributed by atoms with Gasteiger partial charge in [0, 0.05) is 44.2 Å². The van der Waals surface area contributed by atoms with Crippen LogP contribution in [0, 0.1) is 0 Å². The minimum absolute atomic E-state index is 0.0348. The highest BCUT2D eigenvalue weighted by atomic mass is 16.2. The second-order valence-electron chi connectivity index (χ2n) is 5.28. The molecule has 0 saturated carbocycles. The zero-order chi connectivity index (χ0) is 15.0. The molecule has 3 rings (SSSR count). The Kier molecular flexibility index (Phi) is 3.25. The number of H-pyrrole nitrogens is 2. The van der Waals surface area contributed by atoms with Gasteiger partial charge in [0.2, 0.25) is 5.91 Å². The largest absolute Gasteiger partial charge is 0.338 e. The van der Waals surface area contributed by atoms with E-state index in [9.17, 15) is 14.4 Å². The van der Waals surface area contributed by atoms with Crippen molar-refractivity contribution in [1.29, 1.82) is 0 Å². The van der Waals surface area contributed by atoms with Gasteiger partial charge in [-0.05, 0) is 17.5 Å². The number of hydrogen-bond acceptors (Lipinski definition) is 3. The lowest BCUT2D eigenvalue weighted by atomic mass is 10.0. The summed E-state index contributed by atoms with van der Waals surface area (Å²) < 4.78 is 1.52. The maximum absolute atomic E-state index is 12.3. The van der Waals surface area contributed by atoms with Gasteiger partial charge in [-0.2, -0.15) is 0 Å². The number of nitrogens with zero attached hydrogens (tertiary/aromatic N) is 2. The first-order chi connectivity index (χ1) is 10.0. The van der Waals surface area contributed by atoms with Gasteiger partial charge in [-0.3, -0.25) is 19.5 Å². The first kappa shape index (κ1) is 13.4. The number of rotatable bonds is 2. The van der Waals surface area contributed by atoms with Crippen LogP contribution in [0.25, 0.3) is 0 Å². The SMILES string of the molecule is Cn1cc2c(cc1=O)CCN(C(=O)Cc1c[nH][nH]c1=O)C2. The Balaban J connectivity index is 1.78. The molecular formula is C14H16N4O3. The predicted octanol–water partition coefficient (Wildman–Crippen LogP) is -0.471. The van der Waals surface area contributed by atoms with E-state index in [1.807, 2.05) is 0 Å². The fraction of sp³-hybridized carbons (Fsp3) is 0.357. The highest BCUT2D eigenvalue weighted by Gasteiger charge is 2.22. The van der Waals surface area contributed by atoms with E-state index in [-0.39, 0.29) is 23.4 Å². The van der Waals surface area contributed by atoms with Gasteiger partial charge < -0.3 is 14.6 Å². The monoisotopic (exact) mass is 288 g/mol. The zero-order valence-corrected chi connectivity index (χ0v) is 11.7. The fourth-order valence-corrected chi connectivity index (χ4v) is 2.59. The number of amides is 1. The van der Waals surface area contributed by atoms with Crippen molar-refractivity contribution >= 4 is 5.91 Å². The van der Waals surface area contributed by atoms with E-state index in [1.54, 1.807) is 24.2 Å². The Morgan fingerprint density at radius 1 is 1.33 bits per heavy atom. The normalized spacial score (nSPS) is 14.0. The second kappa shape index (κ2) is 5.08. The van der Waals surface area contributed by atoms with Crippen molar-refractivity contribution in [2.24, 2.45) is 7.05 Å². The van der Waals surface area contributed by atoms with Crippen molar-refractivity contribution in [2.75, 3.05) is 6.54 Å². The van der Waals surface area contributed by atoms with Crippen LogP contribution in [0.5, 0.6) is 0 Å². The molecule has 1 aliphatic rings. The number of hydrogen-bond donors (Lipinski definition) is 2. The molecule has 0 saturated heterocycles. The highest BCUT2D eigenvalue weighted by molar-refractivity contribution is 5.78. The molecule has 0 radical (unpaired) electrons. The van der Waals surface area contributed by atoms with Crippen LogP contribution in [0.15, 0.2) is 28.0 Å². The number of pyridine rings is 1. The fourth-order valence-electron chi connectivity index (χ4n) is 2.59. The van der Waals surface area contributed by atoms with Crippen molar-refractivity contribution < 1.29 is 4.79 Å². The van der Waals surface area contributed by atoms with Gasteiger partial charge in [-0.1, -0.05) is 0 Å². The van der Waals surface area contributed by atoms with Gasteiger partial charge in [0.1, 0.15) is 0 Å². The van der Waals surface area contributed by atoms with Crippen molar-refractivity contribution in [3.8, 4) is 0 Å². The average molecular weight is 288 g/mol. The molecule has 0 aromatic carbocycles. The van der Waals surface area contributed by atoms with Crippen LogP contribution in [0.2, 0.25) is 0 Å². The topological polar surface area (TPSA) is 91.0 Å². The first-order valence-corrected chi connectivity index (χ1v) is 6.76. The lowest BCUT2D eigenvalue weighted by Gasteiger charge is -2.29. The van der Waals surface area contributed by atoms with Crippen LogP contribution >= 0.6 is 0 Å². The number of aromatic nitrogens is 3. The molecule has 1 amide bonds. The lowest BCUT2D eigenvalue weighted by molar-refractivity contribution is -0.131. The molecule has 110 valence electrons. The van der Waals surface area contributed by atoms with Crippen LogP contribution in [0.1, 0.15) is 16.7 Å². The van der Waals surface area contributed by atoms with E-state index >= 15 is 0 Å². The molecule has 2 aromatic heterocycles. The Bertz CT molecular complexity index is 799. The third-order valence-corrected chi connectivity index (χ3v) is 3.84. The number of carbonyl (C=O) groups excluding carboxylic acids is 1. The quantitative estimate of drug-likeness (QED) is 0.782. The third kappa shape index (κ3) is 2.54. The molecule has 3 heterocycles. The van der Waals surface area contributed by atoms with Gasteiger partial charge in [0.15, 0.2) is 0 Å². The summed E-state index contributed by atoms with van der Waals surface area (Å²) in [7, 11) is 1.70. The van der Waals surface area contributed by atoms with Gasteiger partial charge in [-0.25, -0.2) is 0 Å². The minimum atomic E-state index is -0.261. The van der Waals surface area contributed by atoms with Gasteiger partial charge in [-0.15, -0.1) is 0 Å². The third-order valence-electron chi connectivity index (χ3n) is 3.84. The molecule has 0 unspecified atom stereocenters. The standard InChI is InChI=1S/C14H16N4O3/c1-17-7-11-8-18(3-2-9(11)4-12(17)19)13(20)5-10-6-15-16-14(10)21/h4,6-7H,2-3,5,8H2,1H3,(H2,15,16,21). The molecule has 0 spiro atoms. The maximum atomic E-state index is 12.3. The molecule has 0 atom stereocenters. The number of aryl methyl sites for hydroxylation is 1. The highest BCUT2D eigenvalue weighted by Crippen LogP contribution is 2.17. The summed E-state index contributed by atoms with van der Waals surface area (Å²) in [6.07, 6.45) is 4.04. The summed E-state index contributed by atoms with van der Waals surface area (Å²) in [6.45, 7) is 1.05. The van der Waals surface area contributed by atoms with Gasteiger partial charge in [0.05, 0.1) is 6.42 Å². The Hall–Kier alpha value is -2.57. The molecule has 1 aliphatic heterocycles. The molecule has 0 fully saturated rings. The minimum Gasteiger partial charge on any atom is -0.338 e. The molecule has 21 heavy (non-hydrogen) atoms. The molecule has 0 aliphatic carbocycles. The van der Waals surface area contributed by atoms with Crippen LogP contribution in [-0.4, -0.2) is 32.1 Å². The zero-order valence-electron chi connectivity index (χ0n) is 11.7. The Morgan fingerprint density at radius 2 is 2.14 bits per heavy atom. The van der Waals surface area contributed by atoms with Crippen molar-refractivity contribution in [3.63, 3.8) is 0 Å². The molecule has 7 nitrogen and oxygen atoms in total. The second-order valence-corrected chi connectivity index (χ2v) is 5.28.